The quantitative estimate of drug-likeness (QED) is 0.0349. The van der Waals surface area contributed by atoms with Crippen LogP contribution < -0.4 is 0 Å². The number of fused-ring (bicyclic) bond motifs is 2. The third-order valence-electron chi connectivity index (χ3n) is 18.2. The first-order chi connectivity index (χ1) is 42.1. The molecule has 0 aromatic rings. The van der Waals surface area contributed by atoms with Crippen LogP contribution in [0.15, 0.2) is 0 Å². The van der Waals surface area contributed by atoms with Gasteiger partial charge < -0.3 is 108 Å². The van der Waals surface area contributed by atoms with Crippen molar-refractivity contribution in [2.24, 2.45) is 5.92 Å². The van der Waals surface area contributed by atoms with Crippen molar-refractivity contribution in [1.29, 1.82) is 0 Å². The molecule has 25 nitrogen and oxygen atoms in total. The van der Waals surface area contributed by atoms with E-state index in [4.69, 9.17) is 61.6 Å². The number of carbonyl (C=O) groups excluding carboxylic acids is 3. The average Bonchev–Trinajstić information content (AvgIpc) is 1.07. The number of ether oxygens (including phenoxy) is 13. The van der Waals surface area contributed by atoms with Crippen molar-refractivity contribution in [2.75, 3.05) is 6.61 Å². The van der Waals surface area contributed by atoms with E-state index in [0.29, 0.717) is 19.3 Å². The molecule has 6 aliphatic heterocycles. The zero-order chi connectivity index (χ0) is 64.2. The Balaban J connectivity index is 1.29. The first-order valence-electron chi connectivity index (χ1n) is 33.3. The van der Waals surface area contributed by atoms with Crippen LogP contribution in [-0.2, 0) is 76.0 Å². The van der Waals surface area contributed by atoms with Crippen LogP contribution in [-0.4, -0.2) is 230 Å². The zero-order valence-corrected chi connectivity index (χ0v) is 53.3. The minimum Gasteiger partial charge on any atom is -0.457 e. The van der Waals surface area contributed by atoms with Crippen LogP contribution in [0.3, 0.4) is 0 Å². The summed E-state index contributed by atoms with van der Waals surface area (Å²) in [5, 5.41) is 102. The Labute approximate surface area is 519 Å². The fraction of sp³-hybridized carbons (Fsp3) is 0.952. The molecule has 512 valence electrons. The molecule has 0 aromatic carbocycles. The van der Waals surface area contributed by atoms with Gasteiger partial charge in [0, 0.05) is 12.8 Å². The number of aliphatic hydroxyl groups is 9. The van der Waals surface area contributed by atoms with Crippen molar-refractivity contribution in [1.82, 2.24) is 0 Å². The lowest BCUT2D eigenvalue weighted by Gasteiger charge is -2.50. The van der Waals surface area contributed by atoms with Gasteiger partial charge in [0.1, 0.15) is 79.4 Å². The summed E-state index contributed by atoms with van der Waals surface area (Å²) in [5.74, 6) is -2.69. The standard InChI is InChI=1S/C63H110O25/c1-9-12-14-15-16-17-20-23-27-31-41(65)82-55-49(73)53(86-63-57(87-59-47(71)45(69)44(68)40(33-64)81-59)48(72)51(36(6)77-63)84-58(75)34(4)11-3)37(7)78-61(55)85-52-38(8)79-62-56(50(52)74)83-42(66)32-28-24-21-18-19-22-26-30-39(29-25-13-10-2)80-60-54(88-62)46(70)43(67)35(5)76-60/h34-40,43-57,59-64,67-74H,9-33H2,1-8H3/t34?,35-,36+,37+,38+,39?,40-,43-,44-,45+,46+,47-,48-,49-,50-,51+,52+,53+,54-,55-,56-,57-,59+,60+,61+,62-,63+/m1/s1. The van der Waals surface area contributed by atoms with Crippen LogP contribution in [0, 0.1) is 5.92 Å². The summed E-state index contributed by atoms with van der Waals surface area (Å²) in [6.45, 7) is 13.0. The zero-order valence-electron chi connectivity index (χ0n) is 53.3. The van der Waals surface area contributed by atoms with Gasteiger partial charge in [-0.2, -0.15) is 0 Å². The first kappa shape index (κ1) is 74.7. The van der Waals surface area contributed by atoms with Crippen molar-refractivity contribution >= 4 is 17.9 Å². The minimum absolute atomic E-state index is 0.0137. The molecule has 0 radical (unpaired) electrons. The van der Waals surface area contributed by atoms with Gasteiger partial charge in [-0.25, -0.2) is 0 Å². The Morgan fingerprint density at radius 3 is 1.67 bits per heavy atom. The fourth-order valence-corrected chi connectivity index (χ4v) is 12.3. The van der Waals surface area contributed by atoms with Gasteiger partial charge in [0.2, 0.25) is 0 Å². The fourth-order valence-electron chi connectivity index (χ4n) is 12.3. The molecule has 25 heteroatoms. The third kappa shape index (κ3) is 20.8. The van der Waals surface area contributed by atoms with Gasteiger partial charge in [0.15, 0.2) is 49.8 Å². The lowest BCUT2D eigenvalue weighted by atomic mass is 9.95. The van der Waals surface area contributed by atoms with Gasteiger partial charge in [-0.05, 0) is 59.8 Å². The summed E-state index contributed by atoms with van der Waals surface area (Å²) in [7, 11) is 0. The molecular formula is C63H110O25. The number of esters is 3. The van der Waals surface area contributed by atoms with E-state index >= 15 is 0 Å². The molecule has 6 saturated heterocycles. The molecule has 0 aromatic heterocycles. The lowest BCUT2D eigenvalue weighted by Crippen LogP contribution is -2.67. The highest BCUT2D eigenvalue weighted by Crippen LogP contribution is 2.39. The smallest absolute Gasteiger partial charge is 0.309 e. The Kier molecular flexibility index (Phi) is 31.8. The first-order valence-corrected chi connectivity index (χ1v) is 33.3. The maximum absolute atomic E-state index is 14.0. The maximum atomic E-state index is 14.0. The highest BCUT2D eigenvalue weighted by Gasteiger charge is 2.58. The number of rotatable bonds is 25. The summed E-state index contributed by atoms with van der Waals surface area (Å²) >= 11 is 0. The Morgan fingerprint density at radius 1 is 0.489 bits per heavy atom. The van der Waals surface area contributed by atoms with E-state index in [1.54, 1.807) is 27.7 Å². The second-order valence-corrected chi connectivity index (χ2v) is 25.4. The Morgan fingerprint density at radius 2 is 1.02 bits per heavy atom. The number of aliphatic hydroxyl groups excluding tert-OH is 9. The number of hydrogen-bond acceptors (Lipinski definition) is 25. The highest BCUT2D eigenvalue weighted by atomic mass is 16.8. The van der Waals surface area contributed by atoms with E-state index in [-0.39, 0.29) is 18.9 Å². The summed E-state index contributed by atoms with van der Waals surface area (Å²) in [6.07, 6.45) is -19.9. The van der Waals surface area contributed by atoms with Gasteiger partial charge in [-0.15, -0.1) is 0 Å². The number of carbonyl (C=O) groups is 3. The SMILES string of the molecule is CCCCCCCCCCCC(=O)O[C@H]1[C@H](O[C@@H]2[C@@H](O)[C@H]3OC(=O)CCCCCCCCCC(CCCCC)O[C@@H]4O[C@H](C)[C@@H](O)[C@H](O)[C@H]4O[C@H]3O[C@H]2C)O[C@@H](C)[C@H](O[C@@H]2O[C@@H](C)[C@H](OC(=O)C(C)CC)[C@@H](O)[C@H]2O[C@@H]2O[C@H](CO)[C@@H](O)[C@H](O)[C@H]2O)[C@H]1O. The normalized spacial score (nSPS) is 41.3. The summed E-state index contributed by atoms with van der Waals surface area (Å²) in [5.41, 5.74) is 0. The van der Waals surface area contributed by atoms with E-state index in [2.05, 4.69) is 13.8 Å². The van der Waals surface area contributed by atoms with Crippen LogP contribution in [0.4, 0.5) is 0 Å². The molecule has 88 heavy (non-hydrogen) atoms. The van der Waals surface area contributed by atoms with E-state index in [0.717, 1.165) is 116 Å². The Bertz CT molecular complexity index is 2010. The van der Waals surface area contributed by atoms with Gasteiger partial charge in [-0.3, -0.25) is 14.4 Å². The largest absolute Gasteiger partial charge is 0.457 e. The second kappa shape index (κ2) is 37.5. The molecule has 0 aliphatic carbocycles. The molecule has 6 fully saturated rings. The van der Waals surface area contributed by atoms with Gasteiger partial charge in [0.05, 0.1) is 43.0 Å². The van der Waals surface area contributed by atoms with Crippen LogP contribution >= 0.6 is 0 Å². The molecule has 0 saturated carbocycles. The molecule has 0 spiro atoms. The van der Waals surface area contributed by atoms with Crippen molar-refractivity contribution < 1.29 is 122 Å². The highest BCUT2D eigenvalue weighted by molar-refractivity contribution is 5.72. The van der Waals surface area contributed by atoms with Crippen LogP contribution in [0.25, 0.3) is 0 Å². The van der Waals surface area contributed by atoms with E-state index < -0.39 is 184 Å². The molecule has 2 unspecified atom stereocenters. The van der Waals surface area contributed by atoms with Crippen LogP contribution in [0.5, 0.6) is 0 Å². The van der Waals surface area contributed by atoms with Crippen molar-refractivity contribution in [3.05, 3.63) is 0 Å². The monoisotopic (exact) mass is 1270 g/mol. The van der Waals surface area contributed by atoms with E-state index in [9.17, 15) is 60.3 Å². The minimum atomic E-state index is -1.96. The van der Waals surface area contributed by atoms with Crippen molar-refractivity contribution in [2.45, 2.75) is 369 Å². The second-order valence-electron chi connectivity index (χ2n) is 25.4. The topological polar surface area (TPSA) is 353 Å². The summed E-state index contributed by atoms with van der Waals surface area (Å²) in [4.78, 5) is 41.0. The molecular weight excluding hydrogens is 1160 g/mol. The third-order valence-corrected chi connectivity index (χ3v) is 18.2. The predicted octanol–water partition coefficient (Wildman–Crippen LogP) is 4.30. The molecule has 27 atom stereocenters. The molecule has 6 rings (SSSR count). The Hall–Kier alpha value is -2.35. The molecule has 0 amide bonds. The molecule has 0 bridgehead atoms. The lowest BCUT2D eigenvalue weighted by molar-refractivity contribution is -0.395. The van der Waals surface area contributed by atoms with Gasteiger partial charge >= 0.3 is 17.9 Å². The molecule has 6 heterocycles. The summed E-state index contributed by atoms with van der Waals surface area (Å²) in [6, 6.07) is 0. The van der Waals surface area contributed by atoms with Crippen LogP contribution in [0.1, 0.15) is 209 Å². The molecule has 9 N–H and O–H groups in total. The van der Waals surface area contributed by atoms with Crippen molar-refractivity contribution in [3.63, 3.8) is 0 Å². The maximum Gasteiger partial charge on any atom is 0.309 e. The number of unbranched alkanes of at least 4 members (excludes halogenated alkanes) is 10. The van der Waals surface area contributed by atoms with Gasteiger partial charge in [0.25, 0.3) is 0 Å². The van der Waals surface area contributed by atoms with Crippen LogP contribution in [0.2, 0.25) is 0 Å². The van der Waals surface area contributed by atoms with E-state index in [1.807, 2.05) is 0 Å². The predicted molar refractivity (Wildman–Crippen MR) is 312 cm³/mol. The summed E-state index contributed by atoms with van der Waals surface area (Å²) < 4.78 is 81.2. The van der Waals surface area contributed by atoms with Crippen molar-refractivity contribution in [3.8, 4) is 0 Å². The number of hydrogen-bond donors (Lipinski definition) is 9. The van der Waals surface area contributed by atoms with Gasteiger partial charge in [-0.1, -0.05) is 137 Å². The molecule has 6 aliphatic rings. The average molecular weight is 1270 g/mol. The van der Waals surface area contributed by atoms with E-state index in [1.165, 1.54) is 20.3 Å².